The third-order valence-electron chi connectivity index (χ3n) is 3.60. The lowest BCUT2D eigenvalue weighted by Crippen LogP contribution is -2.14. The molecule has 0 amide bonds. The van der Waals surface area contributed by atoms with Crippen LogP contribution in [0.1, 0.15) is 17.0 Å². The number of aromatic nitrogens is 1. The van der Waals surface area contributed by atoms with E-state index in [0.717, 1.165) is 22.0 Å². The van der Waals surface area contributed by atoms with E-state index in [0.29, 0.717) is 6.42 Å². The van der Waals surface area contributed by atoms with Gasteiger partial charge in [-0.3, -0.25) is 4.79 Å². The second kappa shape index (κ2) is 5.21. The third-order valence-corrected chi connectivity index (χ3v) is 3.60. The Bertz CT molecular complexity index is 731. The van der Waals surface area contributed by atoms with E-state index < -0.39 is 11.9 Å². The minimum atomic E-state index is -0.790. The molecule has 20 heavy (non-hydrogen) atoms. The highest BCUT2D eigenvalue weighted by atomic mass is 16.4. The van der Waals surface area contributed by atoms with Crippen LogP contribution in [-0.2, 0) is 11.2 Å². The van der Waals surface area contributed by atoms with Crippen molar-refractivity contribution < 1.29 is 9.90 Å². The van der Waals surface area contributed by atoms with Crippen molar-refractivity contribution in [1.82, 2.24) is 4.98 Å². The monoisotopic (exact) mass is 265 g/mol. The standard InChI is InChI=1S/C17H15NO2/c19-17(20)15(12-6-2-1-3-7-12)10-13-11-18-16-9-5-4-8-14(13)16/h1-9,11,15,18H,10H2,(H,19,20). The number of para-hydroxylation sites is 1. The Hall–Kier alpha value is -2.55. The predicted molar refractivity (Wildman–Crippen MR) is 78.8 cm³/mol. The Balaban J connectivity index is 1.97. The normalized spacial score (nSPS) is 12.4. The maximum Gasteiger partial charge on any atom is 0.311 e. The van der Waals surface area contributed by atoms with Crippen LogP contribution in [0.15, 0.2) is 60.8 Å². The molecule has 2 N–H and O–H groups in total. The summed E-state index contributed by atoms with van der Waals surface area (Å²) >= 11 is 0. The highest BCUT2D eigenvalue weighted by molar-refractivity contribution is 5.84. The molecule has 1 unspecified atom stereocenters. The Kier molecular flexibility index (Phi) is 3.25. The van der Waals surface area contributed by atoms with Crippen LogP contribution in [0.2, 0.25) is 0 Å². The second-order valence-electron chi connectivity index (χ2n) is 4.87. The highest BCUT2D eigenvalue weighted by Crippen LogP contribution is 2.26. The molecule has 0 spiro atoms. The molecule has 0 aliphatic carbocycles. The first-order chi connectivity index (χ1) is 9.75. The molecule has 1 heterocycles. The maximum atomic E-state index is 11.6. The molecular weight excluding hydrogens is 250 g/mol. The van der Waals surface area contributed by atoms with Gasteiger partial charge in [0.2, 0.25) is 0 Å². The Labute approximate surface area is 116 Å². The van der Waals surface area contributed by atoms with Gasteiger partial charge in [-0.25, -0.2) is 0 Å². The quantitative estimate of drug-likeness (QED) is 0.757. The average molecular weight is 265 g/mol. The molecule has 1 atom stereocenters. The minimum Gasteiger partial charge on any atom is -0.481 e. The number of aromatic amines is 1. The van der Waals surface area contributed by atoms with E-state index in [9.17, 15) is 9.90 Å². The number of carboxylic acids is 1. The molecule has 3 rings (SSSR count). The molecule has 0 saturated carbocycles. The van der Waals surface area contributed by atoms with E-state index >= 15 is 0 Å². The lowest BCUT2D eigenvalue weighted by atomic mass is 9.92. The molecule has 3 nitrogen and oxygen atoms in total. The van der Waals surface area contributed by atoms with E-state index in [4.69, 9.17) is 0 Å². The first-order valence-electron chi connectivity index (χ1n) is 6.58. The van der Waals surface area contributed by atoms with E-state index in [1.165, 1.54) is 0 Å². The number of rotatable bonds is 4. The lowest BCUT2D eigenvalue weighted by Gasteiger charge is -2.12. The fraction of sp³-hybridized carbons (Fsp3) is 0.118. The third kappa shape index (κ3) is 2.30. The summed E-state index contributed by atoms with van der Waals surface area (Å²) in [4.78, 5) is 14.7. The largest absolute Gasteiger partial charge is 0.481 e. The van der Waals surface area contributed by atoms with Crippen LogP contribution in [0.25, 0.3) is 10.9 Å². The van der Waals surface area contributed by atoms with Gasteiger partial charge in [-0.2, -0.15) is 0 Å². The summed E-state index contributed by atoms with van der Waals surface area (Å²) in [6.45, 7) is 0. The number of benzene rings is 2. The van der Waals surface area contributed by atoms with Crippen molar-refractivity contribution in [3.05, 3.63) is 71.9 Å². The van der Waals surface area contributed by atoms with Crippen LogP contribution in [0.5, 0.6) is 0 Å². The van der Waals surface area contributed by atoms with E-state index in [2.05, 4.69) is 4.98 Å². The molecule has 0 aliphatic heterocycles. The molecule has 100 valence electrons. The van der Waals surface area contributed by atoms with Crippen LogP contribution in [-0.4, -0.2) is 16.1 Å². The zero-order valence-electron chi connectivity index (χ0n) is 10.9. The van der Waals surface area contributed by atoms with Crippen molar-refractivity contribution in [3.63, 3.8) is 0 Å². The number of H-pyrrole nitrogens is 1. The van der Waals surface area contributed by atoms with Crippen molar-refractivity contribution in [3.8, 4) is 0 Å². The van der Waals surface area contributed by atoms with E-state index in [1.54, 1.807) is 0 Å². The number of carboxylic acid groups (broad SMARTS) is 1. The number of aliphatic carboxylic acids is 1. The molecule has 0 saturated heterocycles. The average Bonchev–Trinajstić information content (AvgIpc) is 2.88. The molecule has 0 aliphatic rings. The van der Waals surface area contributed by atoms with Crippen molar-refractivity contribution in [2.24, 2.45) is 0 Å². The molecule has 2 aromatic carbocycles. The van der Waals surface area contributed by atoms with Gasteiger partial charge in [-0.05, 0) is 23.6 Å². The fourth-order valence-corrected chi connectivity index (χ4v) is 2.55. The van der Waals surface area contributed by atoms with Gasteiger partial charge < -0.3 is 10.1 Å². The van der Waals surface area contributed by atoms with Gasteiger partial charge in [-0.15, -0.1) is 0 Å². The van der Waals surface area contributed by atoms with Crippen LogP contribution >= 0.6 is 0 Å². The van der Waals surface area contributed by atoms with Gasteiger partial charge in [-0.1, -0.05) is 48.5 Å². The van der Waals surface area contributed by atoms with Crippen LogP contribution < -0.4 is 0 Å². The minimum absolute atomic E-state index is 0.489. The number of carbonyl (C=O) groups is 1. The van der Waals surface area contributed by atoms with Gasteiger partial charge in [0.25, 0.3) is 0 Å². The van der Waals surface area contributed by atoms with Crippen molar-refractivity contribution >= 4 is 16.9 Å². The Morgan fingerprint density at radius 1 is 1.05 bits per heavy atom. The number of hydrogen-bond donors (Lipinski definition) is 2. The SMILES string of the molecule is O=C(O)C(Cc1c[nH]c2ccccc12)c1ccccc1. The van der Waals surface area contributed by atoms with Crippen LogP contribution in [0, 0.1) is 0 Å². The fourth-order valence-electron chi connectivity index (χ4n) is 2.55. The van der Waals surface area contributed by atoms with E-state index in [-0.39, 0.29) is 0 Å². The van der Waals surface area contributed by atoms with Gasteiger partial charge >= 0.3 is 5.97 Å². The first-order valence-corrected chi connectivity index (χ1v) is 6.58. The summed E-state index contributed by atoms with van der Waals surface area (Å²) in [5.41, 5.74) is 2.92. The lowest BCUT2D eigenvalue weighted by molar-refractivity contribution is -0.138. The number of nitrogens with one attached hydrogen (secondary N) is 1. The zero-order valence-corrected chi connectivity index (χ0v) is 10.9. The summed E-state index contributed by atoms with van der Waals surface area (Å²) < 4.78 is 0. The van der Waals surface area contributed by atoms with Crippen molar-refractivity contribution in [2.45, 2.75) is 12.3 Å². The summed E-state index contributed by atoms with van der Waals surface area (Å²) in [6.07, 6.45) is 2.40. The molecule has 1 aromatic heterocycles. The van der Waals surface area contributed by atoms with Crippen LogP contribution in [0.3, 0.4) is 0 Å². The summed E-state index contributed by atoms with van der Waals surface area (Å²) in [6, 6.07) is 17.3. The molecule has 0 fully saturated rings. The molecular formula is C17H15NO2. The van der Waals surface area contributed by atoms with Gasteiger partial charge in [0.15, 0.2) is 0 Å². The zero-order chi connectivity index (χ0) is 13.9. The molecule has 0 bridgehead atoms. The summed E-state index contributed by atoms with van der Waals surface area (Å²) in [5.74, 6) is -1.31. The Morgan fingerprint density at radius 2 is 1.75 bits per heavy atom. The van der Waals surface area contributed by atoms with Crippen molar-refractivity contribution in [2.75, 3.05) is 0 Å². The molecule has 0 radical (unpaired) electrons. The van der Waals surface area contributed by atoms with E-state index in [1.807, 2.05) is 60.8 Å². The number of hydrogen-bond acceptors (Lipinski definition) is 1. The summed E-state index contributed by atoms with van der Waals surface area (Å²) in [5, 5.41) is 10.6. The maximum absolute atomic E-state index is 11.6. The van der Waals surface area contributed by atoms with Gasteiger partial charge in [0.1, 0.15) is 0 Å². The van der Waals surface area contributed by atoms with Gasteiger partial charge in [0, 0.05) is 17.1 Å². The topological polar surface area (TPSA) is 53.1 Å². The van der Waals surface area contributed by atoms with Crippen LogP contribution in [0.4, 0.5) is 0 Å². The predicted octanol–water partition coefficient (Wildman–Crippen LogP) is 3.58. The second-order valence-corrected chi connectivity index (χ2v) is 4.87. The Morgan fingerprint density at radius 3 is 2.50 bits per heavy atom. The molecule has 3 aromatic rings. The van der Waals surface area contributed by atoms with Gasteiger partial charge in [0.05, 0.1) is 5.92 Å². The first kappa shape index (κ1) is 12.5. The summed E-state index contributed by atoms with van der Waals surface area (Å²) in [7, 11) is 0. The van der Waals surface area contributed by atoms with Crippen molar-refractivity contribution in [1.29, 1.82) is 0 Å². The number of fused-ring (bicyclic) bond motifs is 1. The highest BCUT2D eigenvalue weighted by Gasteiger charge is 2.21. The smallest absolute Gasteiger partial charge is 0.311 e. The molecule has 3 heteroatoms.